The lowest BCUT2D eigenvalue weighted by Crippen LogP contribution is -2.23. The summed E-state index contributed by atoms with van der Waals surface area (Å²) in [7, 11) is 0. The molecule has 0 aliphatic carbocycles. The Morgan fingerprint density at radius 1 is 1.50 bits per heavy atom. The van der Waals surface area contributed by atoms with Crippen LogP contribution in [0.3, 0.4) is 0 Å². The highest BCUT2D eigenvalue weighted by Gasteiger charge is 2.26. The summed E-state index contributed by atoms with van der Waals surface area (Å²) < 4.78 is 0. The van der Waals surface area contributed by atoms with Gasteiger partial charge in [0, 0.05) is 17.5 Å². The zero-order valence-electron chi connectivity index (χ0n) is 12.2. The van der Waals surface area contributed by atoms with Crippen LogP contribution in [0.25, 0.3) is 0 Å². The molecule has 0 saturated carbocycles. The first-order valence-corrected chi connectivity index (χ1v) is 7.80. The first-order valence-electron chi connectivity index (χ1n) is 6.81. The summed E-state index contributed by atoms with van der Waals surface area (Å²) in [6.07, 6.45) is 3.12. The molecule has 20 heavy (non-hydrogen) atoms. The van der Waals surface area contributed by atoms with Crippen molar-refractivity contribution in [1.82, 2.24) is 9.97 Å². The smallest absolute Gasteiger partial charge is 0.309 e. The molecule has 0 fully saturated rings. The summed E-state index contributed by atoms with van der Waals surface area (Å²) in [4.78, 5) is 29.6. The number of carboxylic acid groups (broad SMARTS) is 1. The SMILES string of the molecule is CCCc1cc(=O)[nH]c(SCCCC(C)(C)C(=O)O)n1. The molecule has 0 aliphatic heterocycles. The van der Waals surface area contributed by atoms with Gasteiger partial charge in [-0.05, 0) is 33.1 Å². The number of aliphatic carboxylic acids is 1. The van der Waals surface area contributed by atoms with Crippen molar-refractivity contribution in [3.63, 3.8) is 0 Å². The molecule has 1 rings (SSSR count). The van der Waals surface area contributed by atoms with E-state index in [1.54, 1.807) is 13.8 Å². The zero-order chi connectivity index (χ0) is 15.2. The molecule has 0 radical (unpaired) electrons. The van der Waals surface area contributed by atoms with E-state index in [2.05, 4.69) is 9.97 Å². The van der Waals surface area contributed by atoms with Gasteiger partial charge >= 0.3 is 5.97 Å². The van der Waals surface area contributed by atoms with Crippen molar-refractivity contribution in [2.24, 2.45) is 5.41 Å². The second-order valence-electron chi connectivity index (χ2n) is 5.43. The van der Waals surface area contributed by atoms with Crippen molar-refractivity contribution in [1.29, 1.82) is 0 Å². The highest BCUT2D eigenvalue weighted by Crippen LogP contribution is 2.24. The monoisotopic (exact) mass is 298 g/mol. The molecule has 0 amide bonds. The number of thioether (sulfide) groups is 1. The molecule has 0 spiro atoms. The average Bonchev–Trinajstić information content (AvgIpc) is 2.34. The van der Waals surface area contributed by atoms with Crippen LogP contribution < -0.4 is 5.56 Å². The Labute approximate surface area is 123 Å². The average molecular weight is 298 g/mol. The van der Waals surface area contributed by atoms with Crippen molar-refractivity contribution < 1.29 is 9.90 Å². The first-order chi connectivity index (χ1) is 9.35. The molecular formula is C14H22N2O3S. The Balaban J connectivity index is 2.50. The van der Waals surface area contributed by atoms with Crippen molar-refractivity contribution in [3.05, 3.63) is 22.1 Å². The van der Waals surface area contributed by atoms with Gasteiger partial charge < -0.3 is 10.1 Å². The Kier molecular flexibility index (Phi) is 6.26. The van der Waals surface area contributed by atoms with E-state index in [1.165, 1.54) is 17.8 Å². The van der Waals surface area contributed by atoms with Crippen molar-refractivity contribution >= 4 is 17.7 Å². The van der Waals surface area contributed by atoms with Crippen LogP contribution in [0.5, 0.6) is 0 Å². The third-order valence-electron chi connectivity index (χ3n) is 3.04. The highest BCUT2D eigenvalue weighted by atomic mass is 32.2. The fourth-order valence-corrected chi connectivity index (χ4v) is 2.56. The van der Waals surface area contributed by atoms with Gasteiger partial charge in [-0.2, -0.15) is 0 Å². The zero-order valence-corrected chi connectivity index (χ0v) is 13.0. The van der Waals surface area contributed by atoms with Crippen LogP contribution in [0, 0.1) is 5.41 Å². The molecule has 0 unspecified atom stereocenters. The maximum atomic E-state index is 11.5. The summed E-state index contributed by atoms with van der Waals surface area (Å²) in [5, 5.41) is 9.64. The molecule has 1 heterocycles. The summed E-state index contributed by atoms with van der Waals surface area (Å²) in [6, 6.07) is 1.53. The van der Waals surface area contributed by atoms with Crippen molar-refractivity contribution in [3.8, 4) is 0 Å². The number of carboxylic acids is 1. The minimum Gasteiger partial charge on any atom is -0.481 e. The lowest BCUT2D eigenvalue weighted by molar-refractivity contribution is -0.147. The summed E-state index contributed by atoms with van der Waals surface area (Å²) >= 11 is 1.47. The van der Waals surface area contributed by atoms with Crippen LogP contribution in [0.2, 0.25) is 0 Å². The molecule has 0 saturated heterocycles. The van der Waals surface area contributed by atoms with Crippen molar-refractivity contribution in [2.75, 3.05) is 5.75 Å². The topological polar surface area (TPSA) is 83.0 Å². The van der Waals surface area contributed by atoms with E-state index in [9.17, 15) is 9.59 Å². The largest absolute Gasteiger partial charge is 0.481 e. The number of rotatable bonds is 8. The fraction of sp³-hybridized carbons (Fsp3) is 0.643. The molecule has 6 heteroatoms. The van der Waals surface area contributed by atoms with E-state index in [4.69, 9.17) is 5.11 Å². The normalized spacial score (nSPS) is 11.6. The molecular weight excluding hydrogens is 276 g/mol. The molecule has 0 bridgehead atoms. The highest BCUT2D eigenvalue weighted by molar-refractivity contribution is 7.99. The number of nitrogens with zero attached hydrogens (tertiary/aromatic N) is 1. The second-order valence-corrected chi connectivity index (χ2v) is 6.52. The van der Waals surface area contributed by atoms with E-state index in [0.29, 0.717) is 11.6 Å². The molecule has 0 aromatic carbocycles. The van der Waals surface area contributed by atoms with E-state index in [1.807, 2.05) is 6.92 Å². The van der Waals surface area contributed by atoms with Crippen LogP contribution >= 0.6 is 11.8 Å². The number of nitrogens with one attached hydrogen (secondary N) is 1. The lowest BCUT2D eigenvalue weighted by atomic mass is 9.88. The van der Waals surface area contributed by atoms with E-state index in [-0.39, 0.29) is 5.56 Å². The number of H-pyrrole nitrogens is 1. The Morgan fingerprint density at radius 2 is 2.20 bits per heavy atom. The number of hydrogen-bond donors (Lipinski definition) is 2. The van der Waals surface area contributed by atoms with E-state index in [0.717, 1.165) is 30.7 Å². The summed E-state index contributed by atoms with van der Waals surface area (Å²) in [6.45, 7) is 5.49. The van der Waals surface area contributed by atoms with Gasteiger partial charge in [0.15, 0.2) is 5.16 Å². The maximum Gasteiger partial charge on any atom is 0.309 e. The van der Waals surface area contributed by atoms with Gasteiger partial charge in [0.25, 0.3) is 5.56 Å². The molecule has 1 aromatic heterocycles. The predicted octanol–water partition coefficient (Wildman–Crippen LogP) is 2.71. The molecule has 5 nitrogen and oxygen atoms in total. The predicted molar refractivity (Wildman–Crippen MR) is 80.2 cm³/mol. The number of aromatic nitrogens is 2. The molecule has 1 aromatic rings. The Morgan fingerprint density at radius 3 is 2.80 bits per heavy atom. The van der Waals surface area contributed by atoms with Gasteiger partial charge in [0.05, 0.1) is 5.41 Å². The number of aromatic amines is 1. The van der Waals surface area contributed by atoms with Gasteiger partial charge in [-0.25, -0.2) is 4.98 Å². The third kappa shape index (κ3) is 5.36. The second kappa shape index (κ2) is 7.47. The van der Waals surface area contributed by atoms with Gasteiger partial charge in [0.2, 0.25) is 0 Å². The van der Waals surface area contributed by atoms with Gasteiger partial charge in [-0.15, -0.1) is 0 Å². The van der Waals surface area contributed by atoms with E-state index < -0.39 is 11.4 Å². The summed E-state index contributed by atoms with van der Waals surface area (Å²) in [5.74, 6) is -0.0335. The Bertz CT molecular complexity index is 511. The third-order valence-corrected chi connectivity index (χ3v) is 4.00. The molecule has 2 N–H and O–H groups in total. The van der Waals surface area contributed by atoms with Crippen molar-refractivity contribution in [2.45, 2.75) is 51.6 Å². The van der Waals surface area contributed by atoms with Crippen LogP contribution in [0.1, 0.15) is 45.7 Å². The van der Waals surface area contributed by atoms with Crippen LogP contribution in [-0.4, -0.2) is 26.8 Å². The van der Waals surface area contributed by atoms with Crippen LogP contribution in [-0.2, 0) is 11.2 Å². The Hall–Kier alpha value is -1.30. The number of carbonyl (C=O) groups is 1. The van der Waals surface area contributed by atoms with Crippen LogP contribution in [0.4, 0.5) is 0 Å². The molecule has 0 aliphatic rings. The minimum absolute atomic E-state index is 0.128. The lowest BCUT2D eigenvalue weighted by Gasteiger charge is -2.18. The molecule has 0 atom stereocenters. The maximum absolute atomic E-state index is 11.5. The standard InChI is InChI=1S/C14H22N2O3S/c1-4-6-10-9-11(17)16-13(15-10)20-8-5-7-14(2,3)12(18)19/h9H,4-8H2,1-3H3,(H,18,19)(H,15,16,17). The van der Waals surface area contributed by atoms with Gasteiger partial charge in [-0.3, -0.25) is 9.59 Å². The van der Waals surface area contributed by atoms with E-state index >= 15 is 0 Å². The number of hydrogen-bond acceptors (Lipinski definition) is 4. The van der Waals surface area contributed by atoms with Gasteiger partial charge in [-0.1, -0.05) is 25.1 Å². The minimum atomic E-state index is -0.779. The van der Waals surface area contributed by atoms with Crippen LogP contribution in [0.15, 0.2) is 16.0 Å². The molecule has 112 valence electrons. The van der Waals surface area contributed by atoms with Gasteiger partial charge in [0.1, 0.15) is 0 Å². The summed E-state index contributed by atoms with van der Waals surface area (Å²) in [5.41, 5.74) is -0.0210. The quantitative estimate of drug-likeness (QED) is 0.438. The first kappa shape index (κ1) is 16.8. The fourth-order valence-electron chi connectivity index (χ4n) is 1.73. The number of aryl methyl sites for hydroxylation is 1.